The van der Waals surface area contributed by atoms with Crippen LogP contribution in [0.3, 0.4) is 0 Å². The Morgan fingerprint density at radius 1 is 1.48 bits per heavy atom. The first-order valence-corrected chi connectivity index (χ1v) is 8.61. The highest BCUT2D eigenvalue weighted by molar-refractivity contribution is 7.07. The Morgan fingerprint density at radius 2 is 2.22 bits per heavy atom. The number of hydrogen-bond donors (Lipinski definition) is 2. The van der Waals surface area contributed by atoms with Crippen molar-refractivity contribution in [2.45, 2.75) is 45.3 Å². The van der Waals surface area contributed by atoms with Gasteiger partial charge in [-0.15, -0.1) is 11.3 Å². The number of rotatable bonds is 6. The maximum atomic E-state index is 12.0. The summed E-state index contributed by atoms with van der Waals surface area (Å²) >= 11 is 1.48. The Kier molecular flexibility index (Phi) is 5.76. The normalized spacial score (nSPS) is 16.1. The summed E-state index contributed by atoms with van der Waals surface area (Å²) in [5.41, 5.74) is 1.95. The quantitative estimate of drug-likeness (QED) is 0.782. The van der Waals surface area contributed by atoms with Gasteiger partial charge in [0.2, 0.25) is 5.91 Å². The van der Waals surface area contributed by atoms with E-state index in [4.69, 9.17) is 4.74 Å². The van der Waals surface area contributed by atoms with E-state index in [-0.39, 0.29) is 11.9 Å². The van der Waals surface area contributed by atoms with E-state index in [1.54, 1.807) is 11.6 Å². The molecule has 1 saturated carbocycles. The maximum Gasteiger partial charge on any atom is 0.407 e. The molecule has 1 aliphatic carbocycles. The van der Waals surface area contributed by atoms with Crippen molar-refractivity contribution in [1.29, 1.82) is 0 Å². The van der Waals surface area contributed by atoms with E-state index in [1.165, 1.54) is 17.4 Å². The zero-order valence-corrected chi connectivity index (χ0v) is 14.5. The Bertz CT molecular complexity index is 560. The predicted molar refractivity (Wildman–Crippen MR) is 90.0 cm³/mol. The van der Waals surface area contributed by atoms with E-state index in [2.05, 4.69) is 15.6 Å². The van der Waals surface area contributed by atoms with Crippen molar-refractivity contribution in [3.8, 4) is 0 Å². The number of nitrogens with zero attached hydrogens (tertiary/aromatic N) is 1. The second-order valence-corrected chi connectivity index (χ2v) is 7.30. The van der Waals surface area contributed by atoms with Crippen molar-refractivity contribution in [2.24, 2.45) is 5.92 Å². The van der Waals surface area contributed by atoms with E-state index in [9.17, 15) is 9.59 Å². The number of nitrogens with one attached hydrogen (secondary N) is 2. The zero-order valence-electron chi connectivity index (χ0n) is 13.7. The number of ether oxygens (including phenoxy) is 1. The molecule has 1 heterocycles. The summed E-state index contributed by atoms with van der Waals surface area (Å²) in [6, 6.07) is -0.0740. The van der Waals surface area contributed by atoms with E-state index >= 15 is 0 Å². The molecule has 7 heteroatoms. The largest absolute Gasteiger partial charge is 0.444 e. The summed E-state index contributed by atoms with van der Waals surface area (Å²) in [5, 5.41) is 7.53. The fourth-order valence-corrected chi connectivity index (χ4v) is 2.56. The van der Waals surface area contributed by atoms with Crippen molar-refractivity contribution in [3.05, 3.63) is 22.7 Å². The SMILES string of the molecule is CC(C)(C)OC(=O)NC[C@@H](NC(=O)/C=C/c1cscn1)C1CC1. The highest BCUT2D eigenvalue weighted by Gasteiger charge is 2.32. The lowest BCUT2D eigenvalue weighted by Gasteiger charge is -2.22. The Morgan fingerprint density at radius 3 is 2.78 bits per heavy atom. The van der Waals surface area contributed by atoms with Gasteiger partial charge >= 0.3 is 6.09 Å². The standard InChI is InChI=1S/C16H23N3O3S/c1-16(2,3)22-15(21)17-8-13(11-4-5-11)19-14(20)7-6-12-9-23-10-18-12/h6-7,9-11,13H,4-5,8H2,1-3H3,(H,17,21)(H,19,20)/b7-6+/t13-/m1/s1. The number of thiazole rings is 1. The molecule has 6 nitrogen and oxygen atoms in total. The van der Waals surface area contributed by atoms with E-state index in [1.807, 2.05) is 26.2 Å². The minimum atomic E-state index is -0.529. The molecule has 0 spiro atoms. The molecule has 2 amide bonds. The molecule has 23 heavy (non-hydrogen) atoms. The van der Waals surface area contributed by atoms with Crippen LogP contribution in [0, 0.1) is 5.92 Å². The van der Waals surface area contributed by atoms with Gasteiger partial charge in [0.05, 0.1) is 11.2 Å². The third-order valence-electron chi connectivity index (χ3n) is 3.24. The van der Waals surface area contributed by atoms with Crippen LogP contribution in [-0.2, 0) is 9.53 Å². The molecule has 2 rings (SSSR count). The number of aromatic nitrogens is 1. The average molecular weight is 337 g/mol. The number of amides is 2. The summed E-state index contributed by atoms with van der Waals surface area (Å²) in [6.07, 6.45) is 4.82. The maximum absolute atomic E-state index is 12.0. The highest BCUT2D eigenvalue weighted by atomic mass is 32.1. The Balaban J connectivity index is 1.80. The van der Waals surface area contributed by atoms with Gasteiger partial charge in [-0.2, -0.15) is 0 Å². The van der Waals surface area contributed by atoms with Gasteiger partial charge in [0.1, 0.15) is 5.60 Å². The van der Waals surface area contributed by atoms with Gasteiger partial charge in [-0.25, -0.2) is 9.78 Å². The molecule has 0 unspecified atom stereocenters. The Labute approximate surface area is 140 Å². The lowest BCUT2D eigenvalue weighted by Crippen LogP contribution is -2.45. The van der Waals surface area contributed by atoms with Crippen LogP contribution in [0.4, 0.5) is 4.79 Å². The van der Waals surface area contributed by atoms with Crippen LogP contribution in [0.5, 0.6) is 0 Å². The van der Waals surface area contributed by atoms with Gasteiger partial charge in [-0.1, -0.05) is 0 Å². The summed E-state index contributed by atoms with van der Waals surface area (Å²) in [5.74, 6) is 0.238. The summed E-state index contributed by atoms with van der Waals surface area (Å²) in [6.45, 7) is 5.82. The highest BCUT2D eigenvalue weighted by Crippen LogP contribution is 2.32. The first-order chi connectivity index (χ1) is 10.8. The molecular weight excluding hydrogens is 314 g/mol. The third kappa shape index (κ3) is 6.81. The second kappa shape index (κ2) is 7.59. The van der Waals surface area contributed by atoms with Crippen molar-refractivity contribution in [1.82, 2.24) is 15.6 Å². The van der Waals surface area contributed by atoms with E-state index in [0.717, 1.165) is 18.5 Å². The van der Waals surface area contributed by atoms with Crippen molar-refractivity contribution in [2.75, 3.05) is 6.54 Å². The molecule has 1 aliphatic rings. The molecule has 1 fully saturated rings. The molecule has 0 saturated heterocycles. The molecule has 1 aromatic rings. The molecule has 1 aromatic heterocycles. The second-order valence-electron chi connectivity index (χ2n) is 6.58. The molecule has 0 aliphatic heterocycles. The fraction of sp³-hybridized carbons (Fsp3) is 0.562. The van der Waals surface area contributed by atoms with Gasteiger partial charge in [0.15, 0.2) is 0 Å². The lowest BCUT2D eigenvalue weighted by atomic mass is 10.2. The van der Waals surface area contributed by atoms with Crippen LogP contribution in [-0.4, -0.2) is 35.2 Å². The van der Waals surface area contributed by atoms with Crippen LogP contribution in [0.15, 0.2) is 17.0 Å². The van der Waals surface area contributed by atoms with E-state index in [0.29, 0.717) is 12.5 Å². The molecule has 1 atom stereocenters. The van der Waals surface area contributed by atoms with Crippen molar-refractivity contribution < 1.29 is 14.3 Å². The molecular formula is C16H23N3O3S. The first kappa shape index (κ1) is 17.5. The topological polar surface area (TPSA) is 80.3 Å². The Hall–Kier alpha value is -1.89. The number of carbonyl (C=O) groups is 2. The number of alkyl carbamates (subject to hydrolysis) is 1. The molecule has 0 aromatic carbocycles. The number of hydrogen-bond acceptors (Lipinski definition) is 5. The monoisotopic (exact) mass is 337 g/mol. The molecule has 2 N–H and O–H groups in total. The van der Waals surface area contributed by atoms with Crippen molar-refractivity contribution in [3.63, 3.8) is 0 Å². The third-order valence-corrected chi connectivity index (χ3v) is 3.85. The molecule has 126 valence electrons. The average Bonchev–Trinajstić information content (AvgIpc) is 3.15. The van der Waals surface area contributed by atoms with Crippen LogP contribution < -0.4 is 10.6 Å². The smallest absolute Gasteiger partial charge is 0.407 e. The zero-order chi connectivity index (χ0) is 16.9. The summed E-state index contributed by atoms with van der Waals surface area (Å²) in [4.78, 5) is 27.8. The molecule has 0 bridgehead atoms. The minimum Gasteiger partial charge on any atom is -0.444 e. The van der Waals surface area contributed by atoms with Gasteiger partial charge in [-0.05, 0) is 45.6 Å². The lowest BCUT2D eigenvalue weighted by molar-refractivity contribution is -0.117. The van der Waals surface area contributed by atoms with Gasteiger partial charge < -0.3 is 15.4 Å². The first-order valence-electron chi connectivity index (χ1n) is 7.67. The molecule has 0 radical (unpaired) electrons. The fourth-order valence-electron chi connectivity index (χ4n) is 2.04. The van der Waals surface area contributed by atoms with Crippen LogP contribution in [0.2, 0.25) is 0 Å². The predicted octanol–water partition coefficient (Wildman–Crippen LogP) is 2.58. The van der Waals surface area contributed by atoms with E-state index < -0.39 is 11.7 Å². The summed E-state index contributed by atoms with van der Waals surface area (Å²) < 4.78 is 5.21. The van der Waals surface area contributed by atoms with Gasteiger partial charge in [-0.3, -0.25) is 4.79 Å². The van der Waals surface area contributed by atoms with Gasteiger partial charge in [0.25, 0.3) is 0 Å². The summed E-state index contributed by atoms with van der Waals surface area (Å²) in [7, 11) is 0. The van der Waals surface area contributed by atoms with Crippen molar-refractivity contribution >= 4 is 29.4 Å². The minimum absolute atomic E-state index is 0.0740. The number of carbonyl (C=O) groups excluding carboxylic acids is 2. The van der Waals surface area contributed by atoms with Crippen LogP contribution in [0.1, 0.15) is 39.3 Å². The van der Waals surface area contributed by atoms with Crippen LogP contribution in [0.25, 0.3) is 6.08 Å². The van der Waals surface area contributed by atoms with Gasteiger partial charge in [0, 0.05) is 24.0 Å². The van der Waals surface area contributed by atoms with Crippen LogP contribution >= 0.6 is 11.3 Å².